The lowest BCUT2D eigenvalue weighted by Gasteiger charge is -2.34. The number of aliphatic hydroxyl groups excluding tert-OH is 1. The van der Waals surface area contributed by atoms with Gasteiger partial charge in [-0.15, -0.1) is 11.3 Å². The van der Waals surface area contributed by atoms with Crippen molar-refractivity contribution < 1.29 is 24.5 Å². The summed E-state index contributed by atoms with van der Waals surface area (Å²) in [6.45, 7) is 2.93. The van der Waals surface area contributed by atoms with Crippen molar-refractivity contribution in [3.63, 3.8) is 0 Å². The van der Waals surface area contributed by atoms with Gasteiger partial charge in [-0.05, 0) is 24.6 Å². The van der Waals surface area contributed by atoms with Crippen molar-refractivity contribution in [2.24, 2.45) is 0 Å². The van der Waals surface area contributed by atoms with Crippen molar-refractivity contribution in [2.45, 2.75) is 13.0 Å². The van der Waals surface area contributed by atoms with Crippen molar-refractivity contribution in [1.29, 1.82) is 0 Å². The molecule has 1 saturated heterocycles. The third-order valence-electron chi connectivity index (χ3n) is 3.24. The molecule has 114 valence electrons. The highest BCUT2D eigenvalue weighted by molar-refractivity contribution is 7.15. The third kappa shape index (κ3) is 3.69. The number of carbonyl (C=O) groups excluding carboxylic acids is 1. The number of nitrogens with zero attached hydrogens (tertiary/aromatic N) is 1. The summed E-state index contributed by atoms with van der Waals surface area (Å²) in [5.41, 5.74) is 0.856. The van der Waals surface area contributed by atoms with Crippen LogP contribution in [-0.4, -0.2) is 59.4 Å². The number of amides is 1. The maximum Gasteiger partial charge on any atom is 0.328 e. The molecule has 0 spiro atoms. The first-order valence-electron chi connectivity index (χ1n) is 6.54. The molecule has 0 aliphatic carbocycles. The molecule has 1 amide bonds. The standard InChI is InChI=1S/C14H17NO5S/c1-9-6-12(21-11(9)2-3-13(17)18)14(19)15-4-5-20-8-10(15)7-16/h2-3,6,10,16H,4-5,7-8H2,1H3,(H,17,18)/b3-2+. The van der Waals surface area contributed by atoms with Crippen molar-refractivity contribution in [3.05, 3.63) is 27.5 Å². The Morgan fingerprint density at radius 2 is 2.33 bits per heavy atom. The van der Waals surface area contributed by atoms with Crippen LogP contribution in [0, 0.1) is 6.92 Å². The Balaban J connectivity index is 2.19. The number of hydrogen-bond donors (Lipinski definition) is 2. The first kappa shape index (κ1) is 15.7. The molecule has 1 unspecified atom stereocenters. The Kier molecular flexibility index (Phi) is 5.11. The number of hydrogen-bond acceptors (Lipinski definition) is 5. The van der Waals surface area contributed by atoms with Crippen LogP contribution in [0.1, 0.15) is 20.1 Å². The Morgan fingerprint density at radius 1 is 1.57 bits per heavy atom. The number of carboxylic acids is 1. The fourth-order valence-corrected chi connectivity index (χ4v) is 3.16. The van der Waals surface area contributed by atoms with Gasteiger partial charge in [0.1, 0.15) is 0 Å². The molecule has 7 heteroatoms. The van der Waals surface area contributed by atoms with Gasteiger partial charge >= 0.3 is 5.97 Å². The van der Waals surface area contributed by atoms with E-state index in [2.05, 4.69) is 0 Å². The lowest BCUT2D eigenvalue weighted by molar-refractivity contribution is -0.131. The zero-order chi connectivity index (χ0) is 15.4. The fourth-order valence-electron chi connectivity index (χ4n) is 2.13. The minimum Gasteiger partial charge on any atom is -0.478 e. The number of aryl methyl sites for hydroxylation is 1. The minimum absolute atomic E-state index is 0.137. The van der Waals surface area contributed by atoms with Crippen LogP contribution in [0.15, 0.2) is 12.1 Å². The zero-order valence-corrected chi connectivity index (χ0v) is 12.4. The van der Waals surface area contributed by atoms with Crippen LogP contribution in [0.4, 0.5) is 0 Å². The molecule has 0 bridgehead atoms. The second-order valence-electron chi connectivity index (χ2n) is 4.74. The highest BCUT2D eigenvalue weighted by Crippen LogP contribution is 2.25. The predicted molar refractivity (Wildman–Crippen MR) is 78.5 cm³/mol. The van der Waals surface area contributed by atoms with Crippen molar-refractivity contribution in [2.75, 3.05) is 26.4 Å². The molecule has 2 heterocycles. The van der Waals surface area contributed by atoms with E-state index < -0.39 is 5.97 Å². The van der Waals surface area contributed by atoms with Gasteiger partial charge < -0.3 is 19.8 Å². The van der Waals surface area contributed by atoms with Crippen LogP contribution >= 0.6 is 11.3 Å². The fraction of sp³-hybridized carbons (Fsp3) is 0.429. The molecule has 0 radical (unpaired) electrons. The summed E-state index contributed by atoms with van der Waals surface area (Å²) in [5, 5.41) is 18.0. The van der Waals surface area contributed by atoms with Crippen LogP contribution in [0.3, 0.4) is 0 Å². The lowest BCUT2D eigenvalue weighted by atomic mass is 10.2. The topological polar surface area (TPSA) is 87.1 Å². The molecule has 6 nitrogen and oxygen atoms in total. The smallest absolute Gasteiger partial charge is 0.328 e. The predicted octanol–water partition coefficient (Wildman–Crippen LogP) is 0.988. The SMILES string of the molecule is Cc1cc(C(=O)N2CCOCC2CO)sc1/C=C/C(=O)O. The molecule has 2 N–H and O–H groups in total. The molecule has 1 aliphatic heterocycles. The number of rotatable bonds is 4. The summed E-state index contributed by atoms with van der Waals surface area (Å²) in [5.74, 6) is -1.18. The van der Waals surface area contributed by atoms with Gasteiger partial charge in [-0.2, -0.15) is 0 Å². The Labute approximate surface area is 126 Å². The highest BCUT2D eigenvalue weighted by atomic mass is 32.1. The molecule has 0 aromatic carbocycles. The average molecular weight is 311 g/mol. The zero-order valence-electron chi connectivity index (χ0n) is 11.6. The number of carboxylic acid groups (broad SMARTS) is 1. The van der Waals surface area contributed by atoms with Gasteiger partial charge in [0.25, 0.3) is 5.91 Å². The first-order chi connectivity index (χ1) is 10.0. The number of morpholine rings is 1. The van der Waals surface area contributed by atoms with Crippen LogP contribution in [0.2, 0.25) is 0 Å². The molecule has 0 saturated carbocycles. The monoisotopic (exact) mass is 311 g/mol. The normalized spacial score (nSPS) is 19.1. The van der Waals surface area contributed by atoms with E-state index in [1.807, 2.05) is 6.92 Å². The quantitative estimate of drug-likeness (QED) is 0.810. The van der Waals surface area contributed by atoms with E-state index in [4.69, 9.17) is 9.84 Å². The van der Waals surface area contributed by atoms with Crippen LogP contribution in [0.25, 0.3) is 6.08 Å². The first-order valence-corrected chi connectivity index (χ1v) is 7.35. The van der Waals surface area contributed by atoms with Gasteiger partial charge in [0.05, 0.1) is 30.7 Å². The van der Waals surface area contributed by atoms with Gasteiger partial charge in [-0.1, -0.05) is 0 Å². The number of carbonyl (C=O) groups is 2. The number of thiophene rings is 1. The van der Waals surface area contributed by atoms with Crippen molar-refractivity contribution in [1.82, 2.24) is 4.90 Å². The summed E-state index contributed by atoms with van der Waals surface area (Å²) in [6, 6.07) is 1.42. The van der Waals surface area contributed by atoms with E-state index in [1.165, 1.54) is 17.4 Å². The molecule has 1 aromatic rings. The van der Waals surface area contributed by atoms with E-state index >= 15 is 0 Å². The van der Waals surface area contributed by atoms with Crippen molar-refractivity contribution in [3.8, 4) is 0 Å². The van der Waals surface area contributed by atoms with E-state index in [0.717, 1.165) is 16.5 Å². The van der Waals surface area contributed by atoms with Crippen LogP contribution in [-0.2, 0) is 9.53 Å². The van der Waals surface area contributed by atoms with Crippen LogP contribution in [0.5, 0.6) is 0 Å². The molecule has 1 aliphatic rings. The summed E-state index contributed by atoms with van der Waals surface area (Å²) in [7, 11) is 0. The number of ether oxygens (including phenoxy) is 1. The summed E-state index contributed by atoms with van der Waals surface area (Å²) < 4.78 is 5.26. The van der Waals surface area contributed by atoms with Gasteiger partial charge in [0, 0.05) is 17.5 Å². The van der Waals surface area contributed by atoms with Gasteiger partial charge in [-0.25, -0.2) is 4.79 Å². The van der Waals surface area contributed by atoms with E-state index in [-0.39, 0.29) is 18.6 Å². The van der Waals surface area contributed by atoms with E-state index in [1.54, 1.807) is 11.0 Å². The Hall–Kier alpha value is -1.70. The maximum absolute atomic E-state index is 12.5. The van der Waals surface area contributed by atoms with E-state index in [9.17, 15) is 14.7 Å². The average Bonchev–Trinajstić information content (AvgIpc) is 2.85. The lowest BCUT2D eigenvalue weighted by Crippen LogP contribution is -2.50. The third-order valence-corrected chi connectivity index (χ3v) is 4.43. The number of aliphatic carboxylic acids is 1. The molecule has 21 heavy (non-hydrogen) atoms. The summed E-state index contributed by atoms with van der Waals surface area (Å²) in [6.07, 6.45) is 2.54. The van der Waals surface area contributed by atoms with Gasteiger partial charge in [0.2, 0.25) is 0 Å². The molecule has 1 fully saturated rings. The molecule has 2 rings (SSSR count). The summed E-state index contributed by atoms with van der Waals surface area (Å²) >= 11 is 1.25. The molecular formula is C14H17NO5S. The maximum atomic E-state index is 12.5. The van der Waals surface area contributed by atoms with E-state index in [0.29, 0.717) is 24.6 Å². The second-order valence-corrected chi connectivity index (χ2v) is 5.82. The Morgan fingerprint density at radius 3 is 3.00 bits per heavy atom. The summed E-state index contributed by atoms with van der Waals surface area (Å²) in [4.78, 5) is 26.0. The largest absolute Gasteiger partial charge is 0.478 e. The van der Waals surface area contributed by atoms with Crippen LogP contribution < -0.4 is 0 Å². The molecular weight excluding hydrogens is 294 g/mol. The minimum atomic E-state index is -1.02. The highest BCUT2D eigenvalue weighted by Gasteiger charge is 2.28. The number of aliphatic hydroxyl groups is 1. The van der Waals surface area contributed by atoms with Crippen molar-refractivity contribution >= 4 is 29.3 Å². The molecule has 1 atom stereocenters. The second kappa shape index (κ2) is 6.84. The Bertz CT molecular complexity index is 566. The molecule has 1 aromatic heterocycles. The van der Waals surface area contributed by atoms with Gasteiger partial charge in [-0.3, -0.25) is 4.79 Å². The van der Waals surface area contributed by atoms with Gasteiger partial charge in [0.15, 0.2) is 0 Å².